The lowest BCUT2D eigenvalue weighted by Crippen LogP contribution is -2.04. The van der Waals surface area contributed by atoms with E-state index in [-0.39, 0.29) is 18.0 Å². The molecule has 0 amide bonds. The van der Waals surface area contributed by atoms with E-state index in [1.54, 1.807) is 0 Å². The first-order valence-corrected chi connectivity index (χ1v) is 6.81. The standard InChI is InChI=1S/C13H15BrN4O2/c1-7(2)9-6-8(14)4-5-10(9)20-13-17-11(15)16-12(18-13)19-3/h4-7H,1-3H3,(H2,15,16,17,18). The van der Waals surface area contributed by atoms with Crippen molar-refractivity contribution in [3.05, 3.63) is 28.2 Å². The van der Waals surface area contributed by atoms with E-state index in [1.165, 1.54) is 7.11 Å². The van der Waals surface area contributed by atoms with Crippen LogP contribution in [0.3, 0.4) is 0 Å². The van der Waals surface area contributed by atoms with Gasteiger partial charge in [-0.25, -0.2) is 0 Å². The molecule has 1 aromatic carbocycles. The van der Waals surface area contributed by atoms with Crippen LogP contribution in [0.2, 0.25) is 0 Å². The second-order valence-corrected chi connectivity index (χ2v) is 5.32. The van der Waals surface area contributed by atoms with Crippen LogP contribution >= 0.6 is 15.9 Å². The molecule has 0 unspecified atom stereocenters. The number of hydrogen-bond acceptors (Lipinski definition) is 6. The molecule has 0 aliphatic carbocycles. The number of halogens is 1. The summed E-state index contributed by atoms with van der Waals surface area (Å²) in [6, 6.07) is 5.98. The molecular weight excluding hydrogens is 324 g/mol. The van der Waals surface area contributed by atoms with Crippen molar-refractivity contribution >= 4 is 21.9 Å². The topological polar surface area (TPSA) is 83.2 Å². The molecular formula is C13H15BrN4O2. The molecule has 2 rings (SSSR count). The van der Waals surface area contributed by atoms with E-state index in [4.69, 9.17) is 15.2 Å². The predicted molar refractivity (Wildman–Crippen MR) is 79.1 cm³/mol. The van der Waals surface area contributed by atoms with Crippen molar-refractivity contribution < 1.29 is 9.47 Å². The lowest BCUT2D eigenvalue weighted by atomic mass is 10.0. The molecule has 0 saturated heterocycles. The number of nitrogens with two attached hydrogens (primary N) is 1. The Bertz CT molecular complexity index is 619. The Balaban J connectivity index is 2.37. The van der Waals surface area contributed by atoms with Gasteiger partial charge in [-0.2, -0.15) is 9.97 Å². The first-order valence-electron chi connectivity index (χ1n) is 6.02. The summed E-state index contributed by atoms with van der Waals surface area (Å²) in [6.45, 7) is 4.16. The van der Waals surface area contributed by atoms with Crippen LogP contribution in [-0.4, -0.2) is 22.1 Å². The minimum absolute atomic E-state index is 0.0510. The number of benzene rings is 1. The van der Waals surface area contributed by atoms with Crippen LogP contribution in [-0.2, 0) is 0 Å². The molecule has 1 aromatic heterocycles. The predicted octanol–water partition coefficient (Wildman–Crippen LogP) is 3.14. The van der Waals surface area contributed by atoms with Gasteiger partial charge >= 0.3 is 12.0 Å². The molecule has 0 fully saturated rings. The first kappa shape index (κ1) is 14.5. The normalized spacial score (nSPS) is 10.7. The van der Waals surface area contributed by atoms with Gasteiger partial charge in [0, 0.05) is 4.47 Å². The zero-order chi connectivity index (χ0) is 14.7. The zero-order valence-corrected chi connectivity index (χ0v) is 13.0. The van der Waals surface area contributed by atoms with Crippen LogP contribution in [0.15, 0.2) is 22.7 Å². The van der Waals surface area contributed by atoms with Crippen LogP contribution in [0.25, 0.3) is 0 Å². The summed E-state index contributed by atoms with van der Waals surface area (Å²) in [5.74, 6) is 1.02. The van der Waals surface area contributed by atoms with Crippen molar-refractivity contribution in [2.24, 2.45) is 0 Å². The Morgan fingerprint density at radius 1 is 1.15 bits per heavy atom. The second kappa shape index (κ2) is 6.04. The highest BCUT2D eigenvalue weighted by atomic mass is 79.9. The Kier molecular flexibility index (Phi) is 4.39. The molecule has 6 nitrogen and oxygen atoms in total. The number of rotatable bonds is 4. The average molecular weight is 339 g/mol. The van der Waals surface area contributed by atoms with Gasteiger partial charge in [-0.05, 0) is 29.7 Å². The first-order chi connectivity index (χ1) is 9.49. The summed E-state index contributed by atoms with van der Waals surface area (Å²) >= 11 is 3.45. The summed E-state index contributed by atoms with van der Waals surface area (Å²) in [7, 11) is 1.46. The van der Waals surface area contributed by atoms with Crippen LogP contribution in [0.1, 0.15) is 25.3 Å². The molecule has 0 aliphatic heterocycles. The van der Waals surface area contributed by atoms with Crippen molar-refractivity contribution in [3.8, 4) is 17.8 Å². The number of hydrogen-bond donors (Lipinski definition) is 1. The minimum atomic E-state index is 0.0510. The van der Waals surface area contributed by atoms with Crippen molar-refractivity contribution in [3.63, 3.8) is 0 Å². The molecule has 0 bridgehead atoms. The molecule has 2 aromatic rings. The Morgan fingerprint density at radius 2 is 1.85 bits per heavy atom. The third kappa shape index (κ3) is 3.36. The lowest BCUT2D eigenvalue weighted by Gasteiger charge is -2.13. The van der Waals surface area contributed by atoms with Crippen LogP contribution in [0.5, 0.6) is 17.8 Å². The van der Waals surface area contributed by atoms with Crippen molar-refractivity contribution in [1.82, 2.24) is 15.0 Å². The van der Waals surface area contributed by atoms with Crippen LogP contribution in [0.4, 0.5) is 5.95 Å². The van der Waals surface area contributed by atoms with Gasteiger partial charge in [-0.3, -0.25) is 0 Å². The van der Waals surface area contributed by atoms with E-state index < -0.39 is 0 Å². The van der Waals surface area contributed by atoms with E-state index in [0.717, 1.165) is 10.0 Å². The molecule has 0 radical (unpaired) electrons. The van der Waals surface area contributed by atoms with Gasteiger partial charge < -0.3 is 15.2 Å². The zero-order valence-electron chi connectivity index (χ0n) is 11.4. The molecule has 0 aliphatic rings. The van der Waals surface area contributed by atoms with Gasteiger partial charge in [0.05, 0.1) is 7.11 Å². The molecule has 1 heterocycles. The number of aromatic nitrogens is 3. The smallest absolute Gasteiger partial charge is 0.330 e. The average Bonchev–Trinajstić information content (AvgIpc) is 2.40. The maximum atomic E-state index is 5.71. The summed E-state index contributed by atoms with van der Waals surface area (Å²) in [6.07, 6.45) is 0. The van der Waals surface area contributed by atoms with Gasteiger partial charge in [-0.1, -0.05) is 29.8 Å². The third-order valence-corrected chi connectivity index (χ3v) is 3.08. The van der Waals surface area contributed by atoms with Crippen LogP contribution < -0.4 is 15.2 Å². The fourth-order valence-electron chi connectivity index (χ4n) is 1.65. The van der Waals surface area contributed by atoms with Gasteiger partial charge in [0.15, 0.2) is 0 Å². The molecule has 7 heteroatoms. The van der Waals surface area contributed by atoms with Crippen molar-refractivity contribution in [2.45, 2.75) is 19.8 Å². The molecule has 106 valence electrons. The van der Waals surface area contributed by atoms with Crippen molar-refractivity contribution in [1.29, 1.82) is 0 Å². The monoisotopic (exact) mass is 338 g/mol. The fourth-order valence-corrected chi connectivity index (χ4v) is 2.03. The summed E-state index contributed by atoms with van der Waals surface area (Å²) in [4.78, 5) is 11.8. The Labute approximate surface area is 125 Å². The molecule has 20 heavy (non-hydrogen) atoms. The highest BCUT2D eigenvalue weighted by molar-refractivity contribution is 9.10. The fraction of sp³-hybridized carbons (Fsp3) is 0.308. The number of anilines is 1. The second-order valence-electron chi connectivity index (χ2n) is 4.40. The molecule has 0 spiro atoms. The quantitative estimate of drug-likeness (QED) is 0.921. The van der Waals surface area contributed by atoms with E-state index in [2.05, 4.69) is 44.7 Å². The van der Waals surface area contributed by atoms with Gasteiger partial charge in [0.1, 0.15) is 5.75 Å². The molecule has 0 saturated carbocycles. The number of ether oxygens (including phenoxy) is 2. The SMILES string of the molecule is COc1nc(N)nc(Oc2ccc(Br)cc2C(C)C)n1. The maximum Gasteiger partial charge on any atom is 0.330 e. The maximum absolute atomic E-state index is 5.71. The van der Waals surface area contributed by atoms with E-state index >= 15 is 0 Å². The lowest BCUT2D eigenvalue weighted by molar-refractivity contribution is 0.359. The Morgan fingerprint density at radius 3 is 2.50 bits per heavy atom. The molecule has 0 atom stereocenters. The van der Waals surface area contributed by atoms with E-state index in [9.17, 15) is 0 Å². The van der Waals surface area contributed by atoms with E-state index in [1.807, 2.05) is 18.2 Å². The van der Waals surface area contributed by atoms with Gasteiger partial charge in [0.2, 0.25) is 5.95 Å². The van der Waals surface area contributed by atoms with Crippen molar-refractivity contribution in [2.75, 3.05) is 12.8 Å². The summed E-state index contributed by atoms with van der Waals surface area (Å²) in [5.41, 5.74) is 6.62. The van der Waals surface area contributed by atoms with E-state index in [0.29, 0.717) is 11.7 Å². The van der Waals surface area contributed by atoms with Crippen LogP contribution in [0, 0.1) is 0 Å². The summed E-state index contributed by atoms with van der Waals surface area (Å²) < 4.78 is 11.6. The highest BCUT2D eigenvalue weighted by Crippen LogP contribution is 2.32. The van der Waals surface area contributed by atoms with Gasteiger partial charge in [-0.15, -0.1) is 4.98 Å². The minimum Gasteiger partial charge on any atom is -0.467 e. The number of nitrogens with zero attached hydrogens (tertiary/aromatic N) is 3. The largest absolute Gasteiger partial charge is 0.467 e. The highest BCUT2D eigenvalue weighted by Gasteiger charge is 2.12. The number of nitrogen functional groups attached to an aromatic ring is 1. The van der Waals surface area contributed by atoms with Gasteiger partial charge in [0.25, 0.3) is 0 Å². The Hall–Kier alpha value is -1.89. The number of methoxy groups -OCH3 is 1. The summed E-state index contributed by atoms with van der Waals surface area (Å²) in [5, 5.41) is 0. The third-order valence-electron chi connectivity index (χ3n) is 2.59. The molecule has 2 N–H and O–H groups in total.